The van der Waals surface area contributed by atoms with Crippen molar-refractivity contribution in [3.63, 3.8) is 0 Å². The predicted molar refractivity (Wildman–Crippen MR) is 68.4 cm³/mol. The molecule has 0 saturated carbocycles. The summed E-state index contributed by atoms with van der Waals surface area (Å²) in [5.41, 5.74) is 6.66. The fraction of sp³-hybridized carbons (Fsp3) is 0.429. The number of halogens is 1. The monoisotopic (exact) mass is 248 g/mol. The lowest BCUT2D eigenvalue weighted by Gasteiger charge is -2.26. The Morgan fingerprint density at radius 2 is 2.11 bits per heavy atom. The molecule has 2 N–H and O–H groups in total. The number of benzene rings is 1. The molecule has 0 aromatic heterocycles. The van der Waals surface area contributed by atoms with Crippen LogP contribution < -0.4 is 5.73 Å². The highest BCUT2D eigenvalue weighted by atomic mass is 19.1. The maximum absolute atomic E-state index is 13.9. The molecule has 1 aliphatic rings. The van der Waals surface area contributed by atoms with Gasteiger partial charge in [0.25, 0.3) is 0 Å². The third kappa shape index (κ3) is 3.54. The molecular weight excluding hydrogens is 231 g/mol. The molecule has 0 bridgehead atoms. The number of morpholine rings is 1. The zero-order valence-electron chi connectivity index (χ0n) is 10.3. The van der Waals surface area contributed by atoms with Gasteiger partial charge in [-0.3, -0.25) is 4.90 Å². The van der Waals surface area contributed by atoms with E-state index in [1.165, 1.54) is 6.07 Å². The van der Waals surface area contributed by atoms with E-state index in [2.05, 4.69) is 16.7 Å². The Kier molecular flexibility index (Phi) is 4.71. The molecule has 1 saturated heterocycles. The van der Waals surface area contributed by atoms with Crippen LogP contribution in [0.15, 0.2) is 18.2 Å². The van der Waals surface area contributed by atoms with Crippen molar-refractivity contribution in [1.82, 2.24) is 4.90 Å². The second kappa shape index (κ2) is 6.50. The van der Waals surface area contributed by atoms with Crippen LogP contribution in [0.3, 0.4) is 0 Å². The second-order valence-corrected chi connectivity index (χ2v) is 4.20. The van der Waals surface area contributed by atoms with Crippen LogP contribution in [-0.4, -0.2) is 37.7 Å². The molecule has 0 unspecified atom stereocenters. The van der Waals surface area contributed by atoms with E-state index in [4.69, 9.17) is 10.5 Å². The first-order valence-corrected chi connectivity index (χ1v) is 6.07. The Morgan fingerprint density at radius 3 is 2.78 bits per heavy atom. The van der Waals surface area contributed by atoms with Gasteiger partial charge in [0.2, 0.25) is 0 Å². The Morgan fingerprint density at radius 1 is 1.33 bits per heavy atom. The average Bonchev–Trinajstić information content (AvgIpc) is 2.40. The molecule has 1 fully saturated rings. The van der Waals surface area contributed by atoms with Crippen LogP contribution in [-0.2, 0) is 11.3 Å². The molecule has 1 aromatic carbocycles. The van der Waals surface area contributed by atoms with Gasteiger partial charge < -0.3 is 10.5 Å². The van der Waals surface area contributed by atoms with Gasteiger partial charge in [-0.25, -0.2) is 4.39 Å². The molecule has 1 aromatic rings. The smallest absolute Gasteiger partial charge is 0.128 e. The number of nitrogens with two attached hydrogens (primary N) is 1. The van der Waals surface area contributed by atoms with Crippen LogP contribution in [0.1, 0.15) is 11.1 Å². The number of rotatable bonds is 2. The summed E-state index contributed by atoms with van der Waals surface area (Å²) in [6.07, 6.45) is 0. The molecule has 0 spiro atoms. The fourth-order valence-electron chi connectivity index (χ4n) is 1.91. The van der Waals surface area contributed by atoms with E-state index >= 15 is 0 Å². The summed E-state index contributed by atoms with van der Waals surface area (Å²) in [5, 5.41) is 0. The number of hydrogen-bond acceptors (Lipinski definition) is 3. The van der Waals surface area contributed by atoms with Crippen LogP contribution >= 0.6 is 0 Å². The average molecular weight is 248 g/mol. The van der Waals surface area contributed by atoms with Crippen molar-refractivity contribution >= 4 is 0 Å². The molecule has 0 amide bonds. The van der Waals surface area contributed by atoms with Crippen molar-refractivity contribution in [3.8, 4) is 11.8 Å². The highest BCUT2D eigenvalue weighted by Crippen LogP contribution is 2.13. The van der Waals surface area contributed by atoms with Crippen molar-refractivity contribution < 1.29 is 9.13 Å². The van der Waals surface area contributed by atoms with Crippen molar-refractivity contribution in [3.05, 3.63) is 35.1 Å². The van der Waals surface area contributed by atoms with Crippen molar-refractivity contribution in [2.45, 2.75) is 6.54 Å². The number of nitrogens with zero attached hydrogens (tertiary/aromatic N) is 1. The van der Waals surface area contributed by atoms with Crippen molar-refractivity contribution in [1.29, 1.82) is 0 Å². The van der Waals surface area contributed by atoms with Gasteiger partial charge >= 0.3 is 0 Å². The molecule has 96 valence electrons. The van der Waals surface area contributed by atoms with E-state index in [0.29, 0.717) is 17.7 Å². The van der Waals surface area contributed by atoms with Crippen LogP contribution in [0.2, 0.25) is 0 Å². The van der Waals surface area contributed by atoms with Gasteiger partial charge in [0, 0.05) is 30.8 Å². The van der Waals surface area contributed by atoms with Crippen molar-refractivity contribution in [2.75, 3.05) is 32.8 Å². The Hall–Kier alpha value is -1.41. The van der Waals surface area contributed by atoms with Crippen LogP contribution in [0.5, 0.6) is 0 Å². The van der Waals surface area contributed by atoms with Crippen LogP contribution in [0, 0.1) is 17.7 Å². The van der Waals surface area contributed by atoms with Gasteiger partial charge in [0.1, 0.15) is 5.82 Å². The van der Waals surface area contributed by atoms with E-state index in [1.807, 2.05) is 6.07 Å². The summed E-state index contributed by atoms with van der Waals surface area (Å²) in [6, 6.07) is 5.10. The largest absolute Gasteiger partial charge is 0.379 e. The zero-order valence-corrected chi connectivity index (χ0v) is 10.3. The minimum atomic E-state index is -0.203. The molecule has 18 heavy (non-hydrogen) atoms. The summed E-state index contributed by atoms with van der Waals surface area (Å²) < 4.78 is 19.1. The third-order valence-electron chi connectivity index (χ3n) is 2.89. The normalized spacial score (nSPS) is 16.1. The summed E-state index contributed by atoms with van der Waals surface area (Å²) in [6.45, 7) is 4.07. The van der Waals surface area contributed by atoms with E-state index < -0.39 is 0 Å². The minimum Gasteiger partial charge on any atom is -0.379 e. The zero-order chi connectivity index (χ0) is 12.8. The second-order valence-electron chi connectivity index (χ2n) is 4.20. The molecule has 0 aliphatic carbocycles. The van der Waals surface area contributed by atoms with Gasteiger partial charge in [-0.1, -0.05) is 17.9 Å². The molecule has 2 rings (SSSR count). The van der Waals surface area contributed by atoms with E-state index in [1.54, 1.807) is 6.07 Å². The van der Waals surface area contributed by atoms with Crippen LogP contribution in [0.4, 0.5) is 4.39 Å². The molecule has 0 atom stereocenters. The first-order valence-electron chi connectivity index (χ1n) is 6.07. The summed E-state index contributed by atoms with van der Waals surface area (Å²) in [7, 11) is 0. The van der Waals surface area contributed by atoms with Crippen LogP contribution in [0.25, 0.3) is 0 Å². The highest BCUT2D eigenvalue weighted by Gasteiger charge is 2.12. The molecular formula is C14H17FN2O. The van der Waals surface area contributed by atoms with Gasteiger partial charge in [-0.15, -0.1) is 0 Å². The molecule has 0 radical (unpaired) electrons. The van der Waals surface area contributed by atoms with E-state index in [-0.39, 0.29) is 12.4 Å². The van der Waals surface area contributed by atoms with Crippen molar-refractivity contribution in [2.24, 2.45) is 5.73 Å². The minimum absolute atomic E-state index is 0.203. The maximum atomic E-state index is 13.9. The Bertz CT molecular complexity index is 459. The molecule has 1 heterocycles. The number of ether oxygens (including phenoxy) is 1. The Balaban J connectivity index is 2.04. The Labute approximate surface area is 107 Å². The number of hydrogen-bond donors (Lipinski definition) is 1. The summed E-state index contributed by atoms with van der Waals surface area (Å²) in [4.78, 5) is 2.19. The lowest BCUT2D eigenvalue weighted by molar-refractivity contribution is 0.0337. The first kappa shape index (κ1) is 13.0. The van der Waals surface area contributed by atoms with Gasteiger partial charge in [0.15, 0.2) is 0 Å². The van der Waals surface area contributed by atoms with Gasteiger partial charge in [-0.05, 0) is 12.1 Å². The maximum Gasteiger partial charge on any atom is 0.128 e. The SMILES string of the molecule is NCC#Cc1ccc(CN2CCOCC2)c(F)c1. The summed E-state index contributed by atoms with van der Waals surface area (Å²) >= 11 is 0. The third-order valence-corrected chi connectivity index (χ3v) is 2.89. The molecule has 4 heteroatoms. The standard InChI is InChI=1S/C14H17FN2O/c15-14-10-12(2-1-5-16)3-4-13(14)11-17-6-8-18-9-7-17/h3-4,10H,5-9,11,16H2. The molecule has 1 aliphatic heterocycles. The van der Waals surface area contributed by atoms with E-state index in [0.717, 1.165) is 26.3 Å². The quantitative estimate of drug-likeness (QED) is 0.793. The topological polar surface area (TPSA) is 38.5 Å². The lowest BCUT2D eigenvalue weighted by atomic mass is 10.1. The fourth-order valence-corrected chi connectivity index (χ4v) is 1.91. The van der Waals surface area contributed by atoms with E-state index in [9.17, 15) is 4.39 Å². The lowest BCUT2D eigenvalue weighted by Crippen LogP contribution is -2.35. The first-order chi connectivity index (χ1) is 8.79. The summed E-state index contributed by atoms with van der Waals surface area (Å²) in [5.74, 6) is 5.34. The molecule has 3 nitrogen and oxygen atoms in total. The highest BCUT2D eigenvalue weighted by molar-refractivity contribution is 5.37. The van der Waals surface area contributed by atoms with Gasteiger partial charge in [-0.2, -0.15) is 0 Å². The predicted octanol–water partition coefficient (Wildman–Crippen LogP) is 0.968. The van der Waals surface area contributed by atoms with Gasteiger partial charge in [0.05, 0.1) is 19.8 Å².